The van der Waals surface area contributed by atoms with E-state index in [1.807, 2.05) is 18.2 Å². The molecule has 0 bridgehead atoms. The summed E-state index contributed by atoms with van der Waals surface area (Å²) in [6, 6.07) is 7.41. The number of amides is 1. The number of ether oxygens (including phenoxy) is 1. The lowest BCUT2D eigenvalue weighted by Gasteiger charge is -2.31. The van der Waals surface area contributed by atoms with E-state index in [0.717, 1.165) is 30.2 Å². The molecule has 1 aromatic carbocycles. The summed E-state index contributed by atoms with van der Waals surface area (Å²) in [4.78, 5) is 11.5. The van der Waals surface area contributed by atoms with E-state index in [4.69, 9.17) is 10.6 Å². The summed E-state index contributed by atoms with van der Waals surface area (Å²) in [5, 5.41) is 0. The van der Waals surface area contributed by atoms with E-state index < -0.39 is 0 Å². The molecule has 0 heterocycles. The molecular weight excluding hydrogens is 252 g/mol. The minimum Gasteiger partial charge on any atom is -0.374 e. The zero-order valence-electron chi connectivity index (χ0n) is 12.3. The molecule has 4 nitrogen and oxygen atoms in total. The van der Waals surface area contributed by atoms with E-state index >= 15 is 0 Å². The molecule has 2 atom stereocenters. The first-order valence-corrected chi connectivity index (χ1v) is 7.30. The van der Waals surface area contributed by atoms with Gasteiger partial charge in [0, 0.05) is 5.56 Å². The fourth-order valence-electron chi connectivity index (χ4n) is 3.11. The summed E-state index contributed by atoms with van der Waals surface area (Å²) in [6.45, 7) is 5.13. The first kappa shape index (κ1) is 15.0. The molecule has 0 spiro atoms. The van der Waals surface area contributed by atoms with Crippen LogP contribution in [0.4, 0.5) is 0 Å². The number of rotatable bonds is 4. The number of hydrazine groups is 1. The molecule has 0 radical (unpaired) electrons. The number of nitrogens with one attached hydrogen (secondary N) is 1. The monoisotopic (exact) mass is 276 g/mol. The smallest absolute Gasteiger partial charge is 0.265 e. The third-order valence-electron chi connectivity index (χ3n) is 3.94. The molecule has 1 amide bonds. The summed E-state index contributed by atoms with van der Waals surface area (Å²) in [5.41, 5.74) is 3.73. The average molecular weight is 276 g/mol. The second-order valence-corrected chi connectivity index (χ2v) is 6.02. The van der Waals surface area contributed by atoms with Crippen molar-refractivity contribution in [2.24, 2.45) is 17.7 Å². The van der Waals surface area contributed by atoms with Gasteiger partial charge in [-0.2, -0.15) is 0 Å². The van der Waals surface area contributed by atoms with Gasteiger partial charge in [0.2, 0.25) is 0 Å². The second-order valence-electron chi connectivity index (χ2n) is 6.02. The summed E-state index contributed by atoms with van der Waals surface area (Å²) in [6.07, 6.45) is 3.90. The van der Waals surface area contributed by atoms with Crippen molar-refractivity contribution in [1.29, 1.82) is 0 Å². The highest BCUT2D eigenvalue weighted by Crippen LogP contribution is 2.30. The largest absolute Gasteiger partial charge is 0.374 e. The number of nitrogens with two attached hydrogens (primary N) is 1. The summed E-state index contributed by atoms with van der Waals surface area (Å²) in [5.74, 6) is 6.34. The zero-order valence-corrected chi connectivity index (χ0v) is 12.3. The van der Waals surface area contributed by atoms with Crippen molar-refractivity contribution in [2.45, 2.75) is 45.8 Å². The van der Waals surface area contributed by atoms with Gasteiger partial charge in [-0.1, -0.05) is 26.0 Å². The van der Waals surface area contributed by atoms with Gasteiger partial charge in [0.15, 0.2) is 0 Å². The molecule has 2 rings (SSSR count). The summed E-state index contributed by atoms with van der Waals surface area (Å²) in [7, 11) is 0. The molecule has 1 saturated carbocycles. The zero-order chi connectivity index (χ0) is 14.5. The topological polar surface area (TPSA) is 64.3 Å². The van der Waals surface area contributed by atoms with Crippen molar-refractivity contribution in [2.75, 3.05) is 0 Å². The molecule has 110 valence electrons. The van der Waals surface area contributed by atoms with Crippen LogP contribution in [-0.2, 0) is 11.3 Å². The van der Waals surface area contributed by atoms with E-state index in [0.29, 0.717) is 18.3 Å². The second kappa shape index (κ2) is 6.86. The number of hydrogen-bond donors (Lipinski definition) is 2. The number of carbonyl (C=O) groups is 1. The molecule has 0 saturated heterocycles. The lowest BCUT2D eigenvalue weighted by molar-refractivity contribution is -0.00916. The average Bonchev–Trinajstić information content (AvgIpc) is 2.43. The van der Waals surface area contributed by atoms with Crippen molar-refractivity contribution in [1.82, 2.24) is 5.43 Å². The van der Waals surface area contributed by atoms with Crippen LogP contribution in [0.5, 0.6) is 0 Å². The Bertz CT molecular complexity index is 452. The van der Waals surface area contributed by atoms with E-state index in [-0.39, 0.29) is 5.91 Å². The fourth-order valence-corrected chi connectivity index (χ4v) is 3.11. The van der Waals surface area contributed by atoms with Gasteiger partial charge in [-0.05, 0) is 48.8 Å². The molecule has 20 heavy (non-hydrogen) atoms. The quantitative estimate of drug-likeness (QED) is 0.505. The number of hydrogen-bond acceptors (Lipinski definition) is 3. The van der Waals surface area contributed by atoms with Gasteiger partial charge in [-0.25, -0.2) is 5.84 Å². The summed E-state index contributed by atoms with van der Waals surface area (Å²) < 4.78 is 6.02. The lowest BCUT2D eigenvalue weighted by atomic mass is 9.82. The fraction of sp³-hybridized carbons (Fsp3) is 0.562. The number of nitrogen functional groups attached to an aromatic ring is 1. The number of benzene rings is 1. The molecule has 3 N–H and O–H groups in total. The molecule has 1 aliphatic rings. The van der Waals surface area contributed by atoms with Crippen LogP contribution in [0.2, 0.25) is 0 Å². The molecular formula is C16H24N2O2. The lowest BCUT2D eigenvalue weighted by Crippen LogP contribution is -2.30. The highest BCUT2D eigenvalue weighted by molar-refractivity contribution is 5.93. The Balaban J connectivity index is 1.92. The highest BCUT2D eigenvalue weighted by Gasteiger charge is 2.24. The van der Waals surface area contributed by atoms with Crippen molar-refractivity contribution in [3.63, 3.8) is 0 Å². The third kappa shape index (κ3) is 4.05. The first-order valence-electron chi connectivity index (χ1n) is 7.30. The van der Waals surface area contributed by atoms with Crippen molar-refractivity contribution < 1.29 is 9.53 Å². The molecule has 0 aromatic heterocycles. The predicted octanol–water partition coefficient (Wildman–Crippen LogP) is 2.63. The Morgan fingerprint density at radius 3 is 2.65 bits per heavy atom. The predicted molar refractivity (Wildman–Crippen MR) is 78.9 cm³/mol. The maximum Gasteiger partial charge on any atom is 0.265 e. The van der Waals surface area contributed by atoms with Crippen LogP contribution in [0, 0.1) is 11.8 Å². The molecule has 4 heteroatoms. The Morgan fingerprint density at radius 2 is 2.00 bits per heavy atom. The SMILES string of the molecule is CC1CC(C)CC(OCc2cccc(C(=O)NN)c2)C1. The van der Waals surface area contributed by atoms with Gasteiger partial charge < -0.3 is 4.74 Å². The standard InChI is InChI=1S/C16H24N2O2/c1-11-6-12(2)8-15(7-11)20-10-13-4-3-5-14(9-13)16(19)18-17/h3-5,9,11-12,15H,6-8,10,17H2,1-2H3,(H,18,19). The summed E-state index contributed by atoms with van der Waals surface area (Å²) >= 11 is 0. The third-order valence-corrected chi connectivity index (χ3v) is 3.94. The van der Waals surface area contributed by atoms with Crippen LogP contribution in [0.25, 0.3) is 0 Å². The van der Waals surface area contributed by atoms with Gasteiger partial charge in [0.1, 0.15) is 0 Å². The minimum atomic E-state index is -0.272. The van der Waals surface area contributed by atoms with Crippen molar-refractivity contribution in [3.8, 4) is 0 Å². The van der Waals surface area contributed by atoms with Crippen LogP contribution in [0.3, 0.4) is 0 Å². The Hall–Kier alpha value is -1.39. The van der Waals surface area contributed by atoms with E-state index in [1.54, 1.807) is 6.07 Å². The van der Waals surface area contributed by atoms with Gasteiger partial charge >= 0.3 is 0 Å². The minimum absolute atomic E-state index is 0.272. The Labute approximate surface area is 120 Å². The van der Waals surface area contributed by atoms with Gasteiger partial charge in [0.05, 0.1) is 12.7 Å². The molecule has 1 fully saturated rings. The van der Waals surface area contributed by atoms with Crippen LogP contribution in [0.15, 0.2) is 24.3 Å². The normalized spacial score (nSPS) is 26.2. The van der Waals surface area contributed by atoms with Crippen molar-refractivity contribution >= 4 is 5.91 Å². The number of carbonyl (C=O) groups excluding carboxylic acids is 1. The van der Waals surface area contributed by atoms with Crippen LogP contribution in [0.1, 0.15) is 49.0 Å². The molecule has 1 aliphatic carbocycles. The van der Waals surface area contributed by atoms with E-state index in [2.05, 4.69) is 19.3 Å². The Morgan fingerprint density at radius 1 is 1.30 bits per heavy atom. The maximum absolute atomic E-state index is 11.5. The maximum atomic E-state index is 11.5. The van der Waals surface area contributed by atoms with Gasteiger partial charge in [-0.3, -0.25) is 10.2 Å². The van der Waals surface area contributed by atoms with E-state index in [1.165, 1.54) is 6.42 Å². The van der Waals surface area contributed by atoms with Crippen LogP contribution < -0.4 is 11.3 Å². The first-order chi connectivity index (χ1) is 9.58. The van der Waals surface area contributed by atoms with Crippen molar-refractivity contribution in [3.05, 3.63) is 35.4 Å². The van der Waals surface area contributed by atoms with Crippen LogP contribution >= 0.6 is 0 Å². The van der Waals surface area contributed by atoms with Gasteiger partial charge in [-0.15, -0.1) is 0 Å². The Kier molecular flexibility index (Phi) is 5.15. The van der Waals surface area contributed by atoms with Gasteiger partial charge in [0.25, 0.3) is 5.91 Å². The molecule has 0 aliphatic heterocycles. The molecule has 2 unspecified atom stereocenters. The van der Waals surface area contributed by atoms with E-state index in [9.17, 15) is 4.79 Å². The van der Waals surface area contributed by atoms with Crippen LogP contribution in [-0.4, -0.2) is 12.0 Å². The highest BCUT2D eigenvalue weighted by atomic mass is 16.5. The molecule has 1 aromatic rings.